The number of thioether (sulfide) groups is 1. The number of methoxy groups -OCH3 is 1. The summed E-state index contributed by atoms with van der Waals surface area (Å²) < 4.78 is 32.9. The zero-order chi connectivity index (χ0) is 23.7. The maximum atomic E-state index is 13.4. The fourth-order valence-corrected chi connectivity index (χ4v) is 5.49. The van der Waals surface area contributed by atoms with Gasteiger partial charge in [-0.25, -0.2) is 8.42 Å². The molecule has 1 amide bonds. The lowest BCUT2D eigenvalue weighted by Crippen LogP contribution is -2.41. The van der Waals surface area contributed by atoms with Gasteiger partial charge in [0.15, 0.2) is 0 Å². The SMILES string of the molecule is COc1ccc(S(=O)(=O)N(CC(=O)NCCCSc2ccccc2)c2cccc(Cl)c2)cc1. The maximum Gasteiger partial charge on any atom is 0.264 e. The normalized spacial score (nSPS) is 11.1. The summed E-state index contributed by atoms with van der Waals surface area (Å²) in [6.07, 6.45) is 0.758. The topological polar surface area (TPSA) is 75.7 Å². The Bertz CT molecular complexity index is 1160. The number of carbonyl (C=O) groups is 1. The van der Waals surface area contributed by atoms with E-state index in [1.807, 2.05) is 30.3 Å². The van der Waals surface area contributed by atoms with Gasteiger partial charge in [0, 0.05) is 16.5 Å². The molecule has 33 heavy (non-hydrogen) atoms. The number of hydrogen-bond donors (Lipinski definition) is 1. The highest BCUT2D eigenvalue weighted by Gasteiger charge is 2.27. The van der Waals surface area contributed by atoms with Gasteiger partial charge in [-0.15, -0.1) is 11.8 Å². The number of rotatable bonds is 11. The second-order valence-electron chi connectivity index (χ2n) is 7.03. The monoisotopic (exact) mass is 504 g/mol. The molecule has 0 aliphatic rings. The van der Waals surface area contributed by atoms with E-state index < -0.39 is 15.9 Å². The number of benzene rings is 3. The Morgan fingerprint density at radius 3 is 2.42 bits per heavy atom. The Labute approximate surface area is 204 Å². The lowest BCUT2D eigenvalue weighted by atomic mass is 10.3. The van der Waals surface area contributed by atoms with Gasteiger partial charge in [-0.1, -0.05) is 35.9 Å². The van der Waals surface area contributed by atoms with Crippen LogP contribution in [0.25, 0.3) is 0 Å². The first kappa shape index (κ1) is 25.0. The van der Waals surface area contributed by atoms with Crippen molar-refractivity contribution in [1.29, 1.82) is 0 Å². The van der Waals surface area contributed by atoms with E-state index in [1.54, 1.807) is 42.1 Å². The van der Waals surface area contributed by atoms with E-state index in [1.165, 1.54) is 30.2 Å². The van der Waals surface area contributed by atoms with E-state index in [-0.39, 0.29) is 11.4 Å². The molecule has 174 valence electrons. The van der Waals surface area contributed by atoms with Gasteiger partial charge in [-0.2, -0.15) is 0 Å². The molecule has 0 aromatic heterocycles. The van der Waals surface area contributed by atoms with Gasteiger partial charge in [0.05, 0.1) is 17.7 Å². The number of nitrogens with one attached hydrogen (secondary N) is 1. The van der Waals surface area contributed by atoms with Gasteiger partial charge in [-0.05, 0) is 66.8 Å². The van der Waals surface area contributed by atoms with Crippen molar-refractivity contribution >= 4 is 45.0 Å². The molecular formula is C24H25ClN2O4S2. The Morgan fingerprint density at radius 2 is 1.76 bits per heavy atom. The molecule has 3 rings (SSSR count). The third-order valence-corrected chi connectivity index (χ3v) is 7.81. The largest absolute Gasteiger partial charge is 0.497 e. The van der Waals surface area contributed by atoms with E-state index in [4.69, 9.17) is 16.3 Å². The molecule has 0 radical (unpaired) electrons. The standard InChI is InChI=1S/C24H25ClN2O4S2/c1-31-21-11-13-23(14-12-21)33(29,30)27(20-8-5-7-19(25)17-20)18-24(28)26-15-6-16-32-22-9-3-2-4-10-22/h2-5,7-14,17H,6,15-16,18H2,1H3,(H,26,28). The first-order valence-electron chi connectivity index (χ1n) is 10.3. The summed E-state index contributed by atoms with van der Waals surface area (Å²) in [5.41, 5.74) is 0.313. The number of nitrogens with zero attached hydrogens (tertiary/aromatic N) is 1. The van der Waals surface area contributed by atoms with Gasteiger partial charge in [-0.3, -0.25) is 9.10 Å². The first-order chi connectivity index (χ1) is 15.9. The number of amides is 1. The molecule has 0 saturated heterocycles. The molecular weight excluding hydrogens is 480 g/mol. The van der Waals surface area contributed by atoms with E-state index >= 15 is 0 Å². The van der Waals surface area contributed by atoms with Crippen molar-refractivity contribution in [2.24, 2.45) is 0 Å². The fraction of sp³-hybridized carbons (Fsp3) is 0.208. The van der Waals surface area contributed by atoms with E-state index in [9.17, 15) is 13.2 Å². The molecule has 0 aliphatic heterocycles. The Balaban J connectivity index is 1.67. The summed E-state index contributed by atoms with van der Waals surface area (Å²) in [5.74, 6) is 0.984. The molecule has 0 heterocycles. The first-order valence-corrected chi connectivity index (χ1v) is 13.1. The molecule has 0 bridgehead atoms. The molecule has 3 aromatic carbocycles. The van der Waals surface area contributed by atoms with Crippen LogP contribution in [0.3, 0.4) is 0 Å². The average molecular weight is 505 g/mol. The minimum atomic E-state index is -4.01. The summed E-state index contributed by atoms with van der Waals surface area (Å²) in [6, 6.07) is 22.5. The minimum Gasteiger partial charge on any atom is -0.497 e. The summed E-state index contributed by atoms with van der Waals surface area (Å²) in [4.78, 5) is 13.9. The smallest absolute Gasteiger partial charge is 0.264 e. The molecule has 1 N–H and O–H groups in total. The van der Waals surface area contributed by atoms with Crippen LogP contribution in [-0.4, -0.2) is 40.3 Å². The number of hydrogen-bond acceptors (Lipinski definition) is 5. The molecule has 0 aliphatic carbocycles. The van der Waals surface area contributed by atoms with E-state index in [0.29, 0.717) is 23.0 Å². The van der Waals surface area contributed by atoms with Crippen molar-refractivity contribution in [3.05, 3.63) is 83.9 Å². The van der Waals surface area contributed by atoms with Gasteiger partial charge in [0.2, 0.25) is 5.91 Å². The van der Waals surface area contributed by atoms with Crippen molar-refractivity contribution in [3.63, 3.8) is 0 Å². The zero-order valence-electron chi connectivity index (χ0n) is 18.1. The predicted molar refractivity (Wildman–Crippen MR) is 134 cm³/mol. The molecule has 9 heteroatoms. The van der Waals surface area contributed by atoms with Crippen LogP contribution in [0, 0.1) is 0 Å². The molecule has 0 atom stereocenters. The van der Waals surface area contributed by atoms with Crippen LogP contribution in [0.1, 0.15) is 6.42 Å². The maximum absolute atomic E-state index is 13.4. The molecule has 3 aromatic rings. The number of sulfonamides is 1. The quantitative estimate of drug-likeness (QED) is 0.298. The van der Waals surface area contributed by atoms with Crippen LogP contribution in [0.2, 0.25) is 5.02 Å². The van der Waals surface area contributed by atoms with Crippen molar-refractivity contribution in [3.8, 4) is 5.75 Å². The number of halogens is 1. The third kappa shape index (κ3) is 7.15. The highest BCUT2D eigenvalue weighted by Crippen LogP contribution is 2.27. The van der Waals surface area contributed by atoms with Crippen molar-refractivity contribution in [1.82, 2.24) is 5.32 Å². The number of anilines is 1. The second-order valence-corrected chi connectivity index (χ2v) is 10.5. The zero-order valence-corrected chi connectivity index (χ0v) is 20.5. The van der Waals surface area contributed by atoms with Gasteiger partial charge < -0.3 is 10.1 Å². The molecule has 0 fully saturated rings. The summed E-state index contributed by atoms with van der Waals surface area (Å²) in [7, 11) is -2.50. The lowest BCUT2D eigenvalue weighted by Gasteiger charge is -2.24. The Hall–Kier alpha value is -2.68. The van der Waals surface area contributed by atoms with Crippen LogP contribution in [0.4, 0.5) is 5.69 Å². The summed E-state index contributed by atoms with van der Waals surface area (Å²) >= 11 is 7.80. The Kier molecular flexibility index (Phi) is 9.05. The highest BCUT2D eigenvalue weighted by molar-refractivity contribution is 7.99. The van der Waals surface area contributed by atoms with Crippen LogP contribution < -0.4 is 14.4 Å². The minimum absolute atomic E-state index is 0.0512. The highest BCUT2D eigenvalue weighted by atomic mass is 35.5. The van der Waals surface area contributed by atoms with E-state index in [2.05, 4.69) is 5.32 Å². The molecule has 0 saturated carbocycles. The number of carbonyl (C=O) groups excluding carboxylic acids is 1. The van der Waals surface area contributed by atoms with Crippen LogP contribution in [0.5, 0.6) is 5.75 Å². The molecule has 0 spiro atoms. The average Bonchev–Trinajstić information content (AvgIpc) is 2.83. The summed E-state index contributed by atoms with van der Waals surface area (Å²) in [6.45, 7) is 0.0885. The van der Waals surface area contributed by atoms with Gasteiger partial charge >= 0.3 is 0 Å². The van der Waals surface area contributed by atoms with Gasteiger partial charge in [0.1, 0.15) is 12.3 Å². The van der Waals surface area contributed by atoms with Crippen LogP contribution in [-0.2, 0) is 14.8 Å². The van der Waals surface area contributed by atoms with Crippen LogP contribution >= 0.6 is 23.4 Å². The van der Waals surface area contributed by atoms with E-state index in [0.717, 1.165) is 16.5 Å². The fourth-order valence-electron chi connectivity index (χ4n) is 3.01. The lowest BCUT2D eigenvalue weighted by molar-refractivity contribution is -0.119. The summed E-state index contributed by atoms with van der Waals surface area (Å²) in [5, 5.41) is 3.19. The molecule has 6 nitrogen and oxygen atoms in total. The van der Waals surface area contributed by atoms with Crippen molar-refractivity contribution < 1.29 is 17.9 Å². The van der Waals surface area contributed by atoms with Crippen molar-refractivity contribution in [2.75, 3.05) is 30.3 Å². The third-order valence-electron chi connectivity index (χ3n) is 4.69. The van der Waals surface area contributed by atoms with Crippen molar-refractivity contribution in [2.45, 2.75) is 16.2 Å². The Morgan fingerprint density at radius 1 is 1.03 bits per heavy atom. The van der Waals surface area contributed by atoms with Crippen LogP contribution in [0.15, 0.2) is 88.7 Å². The second kappa shape index (κ2) is 12.0. The number of ether oxygens (including phenoxy) is 1. The predicted octanol–water partition coefficient (Wildman–Crippen LogP) is 4.84. The van der Waals surface area contributed by atoms with Gasteiger partial charge in [0.25, 0.3) is 10.0 Å². The molecule has 0 unspecified atom stereocenters.